The molecule has 1 aromatic carbocycles. The van der Waals surface area contributed by atoms with Crippen molar-refractivity contribution in [3.05, 3.63) is 23.8 Å². The van der Waals surface area contributed by atoms with Crippen molar-refractivity contribution in [2.24, 2.45) is 0 Å². The van der Waals surface area contributed by atoms with Crippen LogP contribution in [-0.2, 0) is 0 Å². The van der Waals surface area contributed by atoms with E-state index in [4.69, 9.17) is 0 Å². The molecule has 0 aliphatic carbocycles. The minimum Gasteiger partial charge on any atom is -0.504 e. The monoisotopic (exact) mass is 249 g/mol. The van der Waals surface area contributed by atoms with E-state index in [0.717, 1.165) is 19.6 Å². The second-order valence-corrected chi connectivity index (χ2v) is 4.78. The average molecular weight is 249 g/mol. The highest BCUT2D eigenvalue weighted by Crippen LogP contribution is 2.25. The molecule has 1 saturated heterocycles. The van der Waals surface area contributed by atoms with E-state index in [1.807, 2.05) is 0 Å². The molecular weight excluding hydrogens is 230 g/mol. The van der Waals surface area contributed by atoms with Crippen molar-refractivity contribution in [1.82, 2.24) is 4.90 Å². The summed E-state index contributed by atoms with van der Waals surface area (Å²) in [6, 6.07) is 4.23. The van der Waals surface area contributed by atoms with Crippen LogP contribution in [0.3, 0.4) is 0 Å². The molecule has 0 atom stereocenters. The molecule has 4 nitrogen and oxygen atoms in total. The number of carbonyl (C=O) groups excluding carboxylic acids is 1. The zero-order chi connectivity index (χ0) is 13.0. The number of nitrogens with zero attached hydrogens (tertiary/aromatic N) is 1. The number of carbonyl (C=O) groups is 1. The van der Waals surface area contributed by atoms with Gasteiger partial charge < -0.3 is 15.1 Å². The lowest BCUT2D eigenvalue weighted by Crippen LogP contribution is -2.31. The predicted octanol–water partition coefficient (Wildman–Crippen LogP) is 2.16. The number of benzene rings is 1. The summed E-state index contributed by atoms with van der Waals surface area (Å²) in [5.41, 5.74) is 0.460. The Labute approximate surface area is 107 Å². The molecule has 0 amide bonds. The number of Topliss-reactive ketones (excluding diaryl/α,β-unsaturated/α-hetero) is 1. The van der Waals surface area contributed by atoms with Gasteiger partial charge in [-0.3, -0.25) is 4.79 Å². The van der Waals surface area contributed by atoms with E-state index >= 15 is 0 Å². The summed E-state index contributed by atoms with van der Waals surface area (Å²) in [6.07, 6.45) is 4.18. The van der Waals surface area contributed by atoms with Gasteiger partial charge in [-0.05, 0) is 44.1 Å². The van der Waals surface area contributed by atoms with E-state index in [2.05, 4.69) is 4.90 Å². The number of piperidine rings is 1. The van der Waals surface area contributed by atoms with Gasteiger partial charge in [-0.15, -0.1) is 0 Å². The number of phenolic OH excluding ortho intramolecular Hbond substituents is 2. The van der Waals surface area contributed by atoms with Crippen molar-refractivity contribution in [1.29, 1.82) is 0 Å². The molecule has 0 aromatic heterocycles. The zero-order valence-electron chi connectivity index (χ0n) is 10.4. The van der Waals surface area contributed by atoms with Gasteiger partial charge >= 0.3 is 0 Å². The molecule has 4 heteroatoms. The van der Waals surface area contributed by atoms with Gasteiger partial charge in [-0.2, -0.15) is 0 Å². The molecular formula is C14H19NO3. The van der Waals surface area contributed by atoms with Gasteiger partial charge in [0.2, 0.25) is 0 Å². The third-order valence-electron chi connectivity index (χ3n) is 3.40. The van der Waals surface area contributed by atoms with Crippen LogP contribution in [0.5, 0.6) is 11.5 Å². The number of likely N-dealkylation sites (tertiary alicyclic amines) is 1. The first-order valence-electron chi connectivity index (χ1n) is 6.44. The second kappa shape index (κ2) is 5.87. The number of phenols is 2. The molecule has 1 aliphatic heterocycles. The fraction of sp³-hybridized carbons (Fsp3) is 0.500. The maximum absolute atomic E-state index is 11.9. The van der Waals surface area contributed by atoms with Gasteiger partial charge in [0.05, 0.1) is 0 Å². The van der Waals surface area contributed by atoms with Crippen molar-refractivity contribution in [2.75, 3.05) is 19.6 Å². The lowest BCUT2D eigenvalue weighted by atomic mass is 10.1. The Bertz CT molecular complexity index is 425. The van der Waals surface area contributed by atoms with Gasteiger partial charge in [-0.25, -0.2) is 0 Å². The zero-order valence-corrected chi connectivity index (χ0v) is 10.4. The molecule has 1 fully saturated rings. The SMILES string of the molecule is O=C(CCN1CCCCC1)c1ccc(O)c(O)c1. The van der Waals surface area contributed by atoms with Crippen LogP contribution in [0.25, 0.3) is 0 Å². The largest absolute Gasteiger partial charge is 0.504 e. The van der Waals surface area contributed by atoms with Crippen molar-refractivity contribution in [3.63, 3.8) is 0 Å². The second-order valence-electron chi connectivity index (χ2n) is 4.78. The Morgan fingerprint density at radius 2 is 1.83 bits per heavy atom. The van der Waals surface area contributed by atoms with Gasteiger partial charge in [0.25, 0.3) is 0 Å². The lowest BCUT2D eigenvalue weighted by molar-refractivity contribution is 0.0958. The maximum atomic E-state index is 11.9. The van der Waals surface area contributed by atoms with Gasteiger partial charge in [0.15, 0.2) is 17.3 Å². The first-order valence-corrected chi connectivity index (χ1v) is 6.44. The number of hydrogen-bond donors (Lipinski definition) is 2. The number of aromatic hydroxyl groups is 2. The molecule has 1 aromatic rings. The van der Waals surface area contributed by atoms with E-state index in [0.29, 0.717) is 12.0 Å². The Hall–Kier alpha value is -1.55. The van der Waals surface area contributed by atoms with Crippen LogP contribution >= 0.6 is 0 Å². The van der Waals surface area contributed by atoms with E-state index in [-0.39, 0.29) is 17.3 Å². The van der Waals surface area contributed by atoms with Gasteiger partial charge in [0, 0.05) is 18.5 Å². The van der Waals surface area contributed by atoms with Crippen LogP contribution in [-0.4, -0.2) is 40.5 Å². The van der Waals surface area contributed by atoms with E-state index in [1.165, 1.54) is 31.4 Å². The van der Waals surface area contributed by atoms with Crippen molar-refractivity contribution >= 4 is 5.78 Å². The van der Waals surface area contributed by atoms with Crippen LogP contribution in [0, 0.1) is 0 Å². The number of ketones is 1. The summed E-state index contributed by atoms with van der Waals surface area (Å²) in [5.74, 6) is -0.419. The number of rotatable bonds is 4. The summed E-state index contributed by atoms with van der Waals surface area (Å²) in [5, 5.41) is 18.5. The van der Waals surface area contributed by atoms with E-state index in [9.17, 15) is 15.0 Å². The molecule has 18 heavy (non-hydrogen) atoms. The molecule has 2 N–H and O–H groups in total. The molecule has 0 saturated carbocycles. The third kappa shape index (κ3) is 3.23. The molecule has 0 radical (unpaired) electrons. The summed E-state index contributed by atoms with van der Waals surface area (Å²) >= 11 is 0. The minimum atomic E-state index is -0.237. The molecule has 0 bridgehead atoms. The highest BCUT2D eigenvalue weighted by Gasteiger charge is 2.13. The summed E-state index contributed by atoms with van der Waals surface area (Å²) in [7, 11) is 0. The Morgan fingerprint density at radius 1 is 1.11 bits per heavy atom. The normalized spacial score (nSPS) is 16.7. The Morgan fingerprint density at radius 3 is 2.50 bits per heavy atom. The standard InChI is InChI=1S/C14H19NO3/c16-12(6-9-15-7-2-1-3-8-15)11-4-5-13(17)14(18)10-11/h4-5,10,17-18H,1-3,6-9H2. The van der Waals surface area contributed by atoms with Gasteiger partial charge in [0.1, 0.15) is 0 Å². The molecule has 0 unspecified atom stereocenters. The van der Waals surface area contributed by atoms with Crippen molar-refractivity contribution in [2.45, 2.75) is 25.7 Å². The van der Waals surface area contributed by atoms with Crippen molar-refractivity contribution < 1.29 is 15.0 Å². The quantitative estimate of drug-likeness (QED) is 0.634. The predicted molar refractivity (Wildman–Crippen MR) is 69.0 cm³/mol. The molecule has 1 heterocycles. The van der Waals surface area contributed by atoms with Gasteiger partial charge in [-0.1, -0.05) is 6.42 Å². The van der Waals surface area contributed by atoms with Crippen LogP contribution in [0.15, 0.2) is 18.2 Å². The maximum Gasteiger partial charge on any atom is 0.164 e. The van der Waals surface area contributed by atoms with E-state index in [1.54, 1.807) is 6.07 Å². The first kappa shape index (κ1) is 12.9. The first-order chi connectivity index (χ1) is 8.66. The minimum absolute atomic E-state index is 0.0101. The fourth-order valence-corrected chi connectivity index (χ4v) is 2.28. The number of hydrogen-bond acceptors (Lipinski definition) is 4. The fourth-order valence-electron chi connectivity index (χ4n) is 2.28. The molecule has 0 spiro atoms. The Kier molecular flexibility index (Phi) is 4.20. The van der Waals surface area contributed by atoms with Crippen molar-refractivity contribution in [3.8, 4) is 11.5 Å². The van der Waals surface area contributed by atoms with E-state index < -0.39 is 0 Å². The van der Waals surface area contributed by atoms with Crippen LogP contribution < -0.4 is 0 Å². The highest BCUT2D eigenvalue weighted by molar-refractivity contribution is 5.96. The summed E-state index contributed by atoms with van der Waals surface area (Å²) < 4.78 is 0. The van der Waals surface area contributed by atoms with Crippen LogP contribution in [0.1, 0.15) is 36.0 Å². The summed E-state index contributed by atoms with van der Waals surface area (Å²) in [4.78, 5) is 14.2. The highest BCUT2D eigenvalue weighted by atomic mass is 16.3. The Balaban J connectivity index is 1.88. The molecule has 98 valence electrons. The summed E-state index contributed by atoms with van der Waals surface area (Å²) in [6.45, 7) is 2.93. The molecule has 1 aliphatic rings. The topological polar surface area (TPSA) is 60.8 Å². The van der Waals surface area contributed by atoms with Crippen LogP contribution in [0.4, 0.5) is 0 Å². The average Bonchev–Trinajstić information content (AvgIpc) is 2.40. The molecule has 2 rings (SSSR count). The lowest BCUT2D eigenvalue weighted by Gasteiger charge is -2.25. The third-order valence-corrected chi connectivity index (χ3v) is 3.40. The smallest absolute Gasteiger partial charge is 0.164 e. The van der Waals surface area contributed by atoms with Crippen LogP contribution in [0.2, 0.25) is 0 Å².